The first-order chi connectivity index (χ1) is 9.25. The molecule has 1 aliphatic carbocycles. The Kier molecular flexibility index (Phi) is 2.07. The molecular weight excluding hydrogens is 240 g/mol. The Bertz CT molecular complexity index is 717. The average Bonchev–Trinajstić information content (AvgIpc) is 2.73. The molecule has 0 radical (unpaired) electrons. The van der Waals surface area contributed by atoms with Crippen molar-refractivity contribution in [2.75, 3.05) is 0 Å². The van der Waals surface area contributed by atoms with Crippen LogP contribution in [-0.2, 0) is 20.7 Å². The predicted octanol–water partition coefficient (Wildman–Crippen LogP) is 2.57. The lowest BCUT2D eigenvalue weighted by atomic mass is 9.74. The molecule has 2 aliphatic rings. The van der Waals surface area contributed by atoms with E-state index in [-0.39, 0.29) is 17.9 Å². The van der Waals surface area contributed by atoms with E-state index in [1.807, 2.05) is 24.3 Å². The van der Waals surface area contributed by atoms with Crippen molar-refractivity contribution in [1.82, 2.24) is 0 Å². The maximum absolute atomic E-state index is 12.0. The summed E-state index contributed by atoms with van der Waals surface area (Å²) in [4.78, 5) is 23.7. The van der Waals surface area contributed by atoms with Crippen molar-refractivity contribution < 1.29 is 14.3 Å². The number of esters is 2. The molecule has 19 heavy (non-hydrogen) atoms. The summed E-state index contributed by atoms with van der Waals surface area (Å²) in [6.45, 7) is 0. The van der Waals surface area contributed by atoms with Crippen LogP contribution in [0.3, 0.4) is 0 Å². The Morgan fingerprint density at radius 2 is 1.84 bits per heavy atom. The molecular formula is C16H12O3. The van der Waals surface area contributed by atoms with Crippen LogP contribution in [0.2, 0.25) is 0 Å². The van der Waals surface area contributed by atoms with Gasteiger partial charge in [0.2, 0.25) is 0 Å². The van der Waals surface area contributed by atoms with E-state index in [1.165, 1.54) is 5.56 Å². The molecule has 1 fully saturated rings. The number of ether oxygens (including phenoxy) is 1. The summed E-state index contributed by atoms with van der Waals surface area (Å²) in [6, 6.07) is 12.1. The highest BCUT2D eigenvalue weighted by atomic mass is 16.6. The Balaban J connectivity index is 2.03. The fourth-order valence-electron chi connectivity index (χ4n) is 3.38. The zero-order valence-corrected chi connectivity index (χ0v) is 10.3. The van der Waals surface area contributed by atoms with E-state index in [1.54, 1.807) is 0 Å². The quantitative estimate of drug-likeness (QED) is 0.534. The van der Waals surface area contributed by atoms with Gasteiger partial charge < -0.3 is 4.74 Å². The molecule has 2 aromatic carbocycles. The largest absolute Gasteiger partial charge is 0.392 e. The molecule has 3 heteroatoms. The van der Waals surface area contributed by atoms with Crippen LogP contribution in [0.15, 0.2) is 36.4 Å². The Hall–Kier alpha value is -2.16. The lowest BCUT2D eigenvalue weighted by molar-refractivity contribution is -0.153. The van der Waals surface area contributed by atoms with Crippen LogP contribution in [0.5, 0.6) is 0 Å². The van der Waals surface area contributed by atoms with Crippen molar-refractivity contribution in [2.24, 2.45) is 5.92 Å². The van der Waals surface area contributed by atoms with Crippen LogP contribution in [0.25, 0.3) is 10.8 Å². The van der Waals surface area contributed by atoms with Crippen molar-refractivity contribution in [2.45, 2.75) is 18.8 Å². The summed E-state index contributed by atoms with van der Waals surface area (Å²) < 4.78 is 4.84. The molecule has 0 spiro atoms. The summed E-state index contributed by atoms with van der Waals surface area (Å²) in [5.41, 5.74) is 2.18. The van der Waals surface area contributed by atoms with Crippen molar-refractivity contribution in [3.63, 3.8) is 0 Å². The molecule has 2 atom stereocenters. The standard InChI is InChI=1S/C16H12O3/c17-15-12-8-7-10-6-5-9-3-1-2-4-11(9)13(10)14(12)16(18)19-15/h1-6,12,14H,7-8H2/t12-,14-/m0/s1. The van der Waals surface area contributed by atoms with E-state index in [2.05, 4.69) is 12.1 Å². The average molecular weight is 252 g/mol. The monoisotopic (exact) mass is 252 g/mol. The number of benzene rings is 2. The minimum absolute atomic E-state index is 0.286. The number of carbonyl (C=O) groups excluding carboxylic acids is 2. The third-order valence-corrected chi connectivity index (χ3v) is 4.26. The minimum atomic E-state index is -0.401. The minimum Gasteiger partial charge on any atom is -0.392 e. The Morgan fingerprint density at radius 3 is 2.74 bits per heavy atom. The van der Waals surface area contributed by atoms with E-state index < -0.39 is 5.92 Å². The fraction of sp³-hybridized carbons (Fsp3) is 0.250. The van der Waals surface area contributed by atoms with Gasteiger partial charge in [-0.25, -0.2) is 0 Å². The molecule has 1 aliphatic heterocycles. The summed E-state index contributed by atoms with van der Waals surface area (Å²) in [6.07, 6.45) is 1.55. The molecule has 4 rings (SSSR count). The first-order valence-electron chi connectivity index (χ1n) is 6.52. The van der Waals surface area contributed by atoms with E-state index in [4.69, 9.17) is 4.74 Å². The molecule has 3 nitrogen and oxygen atoms in total. The van der Waals surface area contributed by atoms with Gasteiger partial charge in [0.25, 0.3) is 0 Å². The zero-order valence-electron chi connectivity index (χ0n) is 10.3. The van der Waals surface area contributed by atoms with Crippen LogP contribution in [-0.4, -0.2) is 11.9 Å². The van der Waals surface area contributed by atoms with Gasteiger partial charge in [0.15, 0.2) is 0 Å². The van der Waals surface area contributed by atoms with Gasteiger partial charge in [-0.2, -0.15) is 0 Å². The number of aryl methyl sites for hydroxylation is 1. The van der Waals surface area contributed by atoms with Gasteiger partial charge in [0, 0.05) is 0 Å². The Morgan fingerprint density at radius 1 is 1.00 bits per heavy atom. The summed E-state index contributed by atoms with van der Waals surface area (Å²) in [7, 11) is 0. The third-order valence-electron chi connectivity index (χ3n) is 4.26. The molecule has 0 aromatic heterocycles. The van der Waals surface area contributed by atoms with Crippen molar-refractivity contribution in [3.8, 4) is 0 Å². The first-order valence-corrected chi connectivity index (χ1v) is 6.52. The number of hydrogen-bond acceptors (Lipinski definition) is 3. The molecule has 94 valence electrons. The topological polar surface area (TPSA) is 43.4 Å². The van der Waals surface area contributed by atoms with E-state index in [0.717, 1.165) is 22.8 Å². The third kappa shape index (κ3) is 1.38. The maximum atomic E-state index is 12.0. The smallest absolute Gasteiger partial charge is 0.321 e. The molecule has 1 saturated heterocycles. The number of rotatable bonds is 0. The molecule has 0 saturated carbocycles. The zero-order chi connectivity index (χ0) is 13.0. The maximum Gasteiger partial charge on any atom is 0.321 e. The van der Waals surface area contributed by atoms with Gasteiger partial charge in [0.05, 0.1) is 11.8 Å². The van der Waals surface area contributed by atoms with Gasteiger partial charge in [-0.15, -0.1) is 0 Å². The van der Waals surface area contributed by atoms with E-state index in [9.17, 15) is 9.59 Å². The van der Waals surface area contributed by atoms with Crippen molar-refractivity contribution in [1.29, 1.82) is 0 Å². The molecule has 0 amide bonds. The molecule has 0 unspecified atom stereocenters. The second-order valence-electron chi connectivity index (χ2n) is 5.22. The molecule has 2 aromatic rings. The number of carbonyl (C=O) groups is 2. The van der Waals surface area contributed by atoms with E-state index >= 15 is 0 Å². The highest BCUT2D eigenvalue weighted by Gasteiger charge is 2.48. The van der Waals surface area contributed by atoms with Crippen LogP contribution in [0.1, 0.15) is 23.5 Å². The molecule has 1 heterocycles. The van der Waals surface area contributed by atoms with Crippen molar-refractivity contribution in [3.05, 3.63) is 47.5 Å². The van der Waals surface area contributed by atoms with Crippen molar-refractivity contribution >= 4 is 22.7 Å². The highest BCUT2D eigenvalue weighted by Crippen LogP contribution is 2.44. The first kappa shape index (κ1) is 10.7. The van der Waals surface area contributed by atoms with Gasteiger partial charge in [-0.05, 0) is 34.7 Å². The lowest BCUT2D eigenvalue weighted by Gasteiger charge is -2.25. The van der Waals surface area contributed by atoms with Crippen LogP contribution in [0, 0.1) is 5.92 Å². The summed E-state index contributed by atoms with van der Waals surface area (Å²) >= 11 is 0. The number of hydrogen-bond donors (Lipinski definition) is 0. The van der Waals surface area contributed by atoms with Crippen LogP contribution >= 0.6 is 0 Å². The van der Waals surface area contributed by atoms with Gasteiger partial charge in [-0.3, -0.25) is 9.59 Å². The normalized spacial score (nSPS) is 25.1. The van der Waals surface area contributed by atoms with E-state index in [0.29, 0.717) is 6.42 Å². The molecule has 0 bridgehead atoms. The SMILES string of the molecule is O=C1OC(=O)[C@@H]2c3c(ccc4ccccc34)CC[C@H]12. The molecule has 0 N–H and O–H groups in total. The lowest BCUT2D eigenvalue weighted by Crippen LogP contribution is -2.23. The predicted molar refractivity (Wildman–Crippen MR) is 69.6 cm³/mol. The van der Waals surface area contributed by atoms with Gasteiger partial charge in [-0.1, -0.05) is 36.4 Å². The number of fused-ring (bicyclic) bond motifs is 5. The van der Waals surface area contributed by atoms with Crippen LogP contribution < -0.4 is 0 Å². The Labute approximate surface area is 110 Å². The summed E-state index contributed by atoms with van der Waals surface area (Å²) in [5, 5.41) is 2.18. The highest BCUT2D eigenvalue weighted by molar-refractivity contribution is 6.03. The summed E-state index contributed by atoms with van der Waals surface area (Å²) in [5.74, 6) is -1.42. The number of cyclic esters (lactones) is 2. The van der Waals surface area contributed by atoms with Gasteiger partial charge in [0.1, 0.15) is 0 Å². The second-order valence-corrected chi connectivity index (χ2v) is 5.22. The fourth-order valence-corrected chi connectivity index (χ4v) is 3.38. The second kappa shape index (κ2) is 3.67. The van der Waals surface area contributed by atoms with Gasteiger partial charge >= 0.3 is 11.9 Å². The van der Waals surface area contributed by atoms with Crippen LogP contribution in [0.4, 0.5) is 0 Å².